The molecule has 0 aliphatic rings. The van der Waals surface area contributed by atoms with Crippen LogP contribution in [0.25, 0.3) is 11.6 Å². The van der Waals surface area contributed by atoms with E-state index in [1.165, 1.54) is 11.1 Å². The zero-order chi connectivity index (χ0) is 16.8. The minimum atomic E-state index is 0.291. The molecule has 0 saturated heterocycles. The standard InChI is InChI=1S/C22H20O2/c1-24-22-13-9-18(10-14-22)16-20(19-5-3-2-4-6-19)15-17-7-11-21(23)12-8-17/h2-14,16,23H,15H2,1H3/b20-16+. The van der Waals surface area contributed by atoms with Crippen molar-refractivity contribution in [1.29, 1.82) is 0 Å². The van der Waals surface area contributed by atoms with Crippen LogP contribution in [0.4, 0.5) is 0 Å². The predicted octanol–water partition coefficient (Wildman–Crippen LogP) is 5.18. The number of rotatable bonds is 5. The molecule has 0 spiro atoms. The van der Waals surface area contributed by atoms with Gasteiger partial charge in [0.1, 0.15) is 11.5 Å². The number of allylic oxidation sites excluding steroid dienone is 1. The molecule has 0 bridgehead atoms. The molecule has 3 aromatic rings. The average Bonchev–Trinajstić information content (AvgIpc) is 2.64. The maximum absolute atomic E-state index is 9.47. The SMILES string of the molecule is COc1ccc(/C=C(\Cc2ccc(O)cc2)c2ccccc2)cc1. The number of phenolic OH excluding ortho intramolecular Hbond substituents is 1. The van der Waals surface area contributed by atoms with Crippen LogP contribution in [0.2, 0.25) is 0 Å². The fourth-order valence-electron chi connectivity index (χ4n) is 2.62. The minimum absolute atomic E-state index is 0.291. The minimum Gasteiger partial charge on any atom is -0.508 e. The largest absolute Gasteiger partial charge is 0.508 e. The van der Waals surface area contributed by atoms with Crippen molar-refractivity contribution in [1.82, 2.24) is 0 Å². The summed E-state index contributed by atoms with van der Waals surface area (Å²) < 4.78 is 5.22. The van der Waals surface area contributed by atoms with Gasteiger partial charge in [-0.1, -0.05) is 60.7 Å². The molecule has 0 heterocycles. The van der Waals surface area contributed by atoms with Gasteiger partial charge in [-0.05, 0) is 52.9 Å². The topological polar surface area (TPSA) is 29.5 Å². The highest BCUT2D eigenvalue weighted by Crippen LogP contribution is 2.24. The lowest BCUT2D eigenvalue weighted by molar-refractivity contribution is 0.415. The van der Waals surface area contributed by atoms with Crippen LogP contribution in [0.1, 0.15) is 16.7 Å². The van der Waals surface area contributed by atoms with Crippen molar-refractivity contribution in [3.05, 3.63) is 95.6 Å². The Morgan fingerprint density at radius 2 is 1.54 bits per heavy atom. The molecule has 0 amide bonds. The summed E-state index contributed by atoms with van der Waals surface area (Å²) in [6, 6.07) is 25.8. The van der Waals surface area contributed by atoms with Gasteiger partial charge in [0.05, 0.1) is 7.11 Å². The maximum atomic E-state index is 9.47. The number of hydrogen-bond acceptors (Lipinski definition) is 2. The second kappa shape index (κ2) is 7.51. The predicted molar refractivity (Wildman–Crippen MR) is 99.1 cm³/mol. The molecule has 2 heteroatoms. The zero-order valence-electron chi connectivity index (χ0n) is 13.6. The Labute approximate surface area is 142 Å². The molecule has 0 aliphatic carbocycles. The number of phenols is 1. The van der Waals surface area contributed by atoms with E-state index in [0.29, 0.717) is 5.75 Å². The molecule has 0 radical (unpaired) electrons. The summed E-state index contributed by atoms with van der Waals surface area (Å²) in [4.78, 5) is 0. The lowest BCUT2D eigenvalue weighted by atomic mass is 9.96. The number of ether oxygens (including phenoxy) is 1. The molecular weight excluding hydrogens is 296 g/mol. The summed E-state index contributed by atoms with van der Waals surface area (Å²) in [5, 5.41) is 9.47. The third-order valence-corrected chi connectivity index (χ3v) is 3.93. The van der Waals surface area contributed by atoms with Crippen LogP contribution in [-0.4, -0.2) is 12.2 Å². The van der Waals surface area contributed by atoms with Crippen LogP contribution in [0, 0.1) is 0 Å². The molecule has 0 aliphatic heterocycles. The highest BCUT2D eigenvalue weighted by Gasteiger charge is 2.04. The van der Waals surface area contributed by atoms with E-state index < -0.39 is 0 Å². The first-order valence-corrected chi connectivity index (χ1v) is 7.92. The Kier molecular flexibility index (Phi) is 4.97. The Hall–Kier alpha value is -3.00. The lowest BCUT2D eigenvalue weighted by Gasteiger charge is -2.09. The molecule has 3 rings (SSSR count). The van der Waals surface area contributed by atoms with Crippen LogP contribution in [0.5, 0.6) is 11.5 Å². The van der Waals surface area contributed by atoms with Crippen molar-refractivity contribution in [3.63, 3.8) is 0 Å². The van der Waals surface area contributed by atoms with Crippen molar-refractivity contribution in [2.24, 2.45) is 0 Å². The van der Waals surface area contributed by atoms with Gasteiger partial charge in [0, 0.05) is 0 Å². The second-order valence-corrected chi connectivity index (χ2v) is 5.65. The van der Waals surface area contributed by atoms with E-state index in [-0.39, 0.29) is 0 Å². The molecule has 0 unspecified atom stereocenters. The van der Waals surface area contributed by atoms with E-state index in [9.17, 15) is 5.11 Å². The summed E-state index contributed by atoms with van der Waals surface area (Å²) in [5.41, 5.74) is 4.72. The zero-order valence-corrected chi connectivity index (χ0v) is 13.6. The van der Waals surface area contributed by atoms with Crippen LogP contribution in [0.3, 0.4) is 0 Å². The van der Waals surface area contributed by atoms with Crippen molar-refractivity contribution >= 4 is 11.6 Å². The fraction of sp³-hybridized carbons (Fsp3) is 0.0909. The van der Waals surface area contributed by atoms with Crippen LogP contribution in [-0.2, 0) is 6.42 Å². The number of benzene rings is 3. The first-order valence-electron chi connectivity index (χ1n) is 7.92. The lowest BCUT2D eigenvalue weighted by Crippen LogP contribution is -1.91. The molecule has 2 nitrogen and oxygen atoms in total. The molecule has 120 valence electrons. The Balaban J connectivity index is 1.94. The van der Waals surface area contributed by atoms with Gasteiger partial charge in [0.2, 0.25) is 0 Å². The third-order valence-electron chi connectivity index (χ3n) is 3.93. The van der Waals surface area contributed by atoms with E-state index >= 15 is 0 Å². The van der Waals surface area contributed by atoms with Gasteiger partial charge >= 0.3 is 0 Å². The van der Waals surface area contributed by atoms with Crippen molar-refractivity contribution < 1.29 is 9.84 Å². The van der Waals surface area contributed by atoms with Crippen molar-refractivity contribution in [3.8, 4) is 11.5 Å². The number of aromatic hydroxyl groups is 1. The molecule has 0 fully saturated rings. The van der Waals surface area contributed by atoms with Crippen molar-refractivity contribution in [2.75, 3.05) is 7.11 Å². The molecule has 0 aromatic heterocycles. The van der Waals surface area contributed by atoms with Gasteiger partial charge in [-0.2, -0.15) is 0 Å². The van der Waals surface area contributed by atoms with Gasteiger partial charge in [-0.15, -0.1) is 0 Å². The number of methoxy groups -OCH3 is 1. The Bertz CT molecular complexity index is 801. The summed E-state index contributed by atoms with van der Waals surface area (Å²) in [6.45, 7) is 0. The van der Waals surface area contributed by atoms with Crippen molar-refractivity contribution in [2.45, 2.75) is 6.42 Å². The molecule has 24 heavy (non-hydrogen) atoms. The Morgan fingerprint density at radius 3 is 2.17 bits per heavy atom. The van der Waals surface area contributed by atoms with E-state index in [1.54, 1.807) is 19.2 Å². The highest BCUT2D eigenvalue weighted by molar-refractivity contribution is 5.82. The second-order valence-electron chi connectivity index (χ2n) is 5.65. The quantitative estimate of drug-likeness (QED) is 0.657. The van der Waals surface area contributed by atoms with Gasteiger partial charge in [0.15, 0.2) is 0 Å². The van der Waals surface area contributed by atoms with Gasteiger partial charge in [0.25, 0.3) is 0 Å². The summed E-state index contributed by atoms with van der Waals surface area (Å²) in [5.74, 6) is 1.14. The molecule has 0 atom stereocenters. The molecule has 3 aromatic carbocycles. The first-order chi connectivity index (χ1) is 11.7. The Morgan fingerprint density at radius 1 is 0.875 bits per heavy atom. The first kappa shape index (κ1) is 15.9. The molecule has 0 saturated carbocycles. The summed E-state index contributed by atoms with van der Waals surface area (Å²) in [7, 11) is 1.67. The molecular formula is C22H20O2. The van der Waals surface area contributed by atoms with E-state index in [4.69, 9.17) is 4.74 Å². The average molecular weight is 316 g/mol. The number of hydrogen-bond donors (Lipinski definition) is 1. The highest BCUT2D eigenvalue weighted by atomic mass is 16.5. The van der Waals surface area contributed by atoms with E-state index in [1.807, 2.05) is 42.5 Å². The van der Waals surface area contributed by atoms with Crippen LogP contribution >= 0.6 is 0 Å². The molecule has 1 N–H and O–H groups in total. The fourth-order valence-corrected chi connectivity index (χ4v) is 2.62. The smallest absolute Gasteiger partial charge is 0.118 e. The monoisotopic (exact) mass is 316 g/mol. The normalized spacial score (nSPS) is 11.3. The summed E-state index contributed by atoms with van der Waals surface area (Å²) >= 11 is 0. The van der Waals surface area contributed by atoms with Gasteiger partial charge < -0.3 is 9.84 Å². The van der Waals surface area contributed by atoms with E-state index in [0.717, 1.165) is 23.3 Å². The van der Waals surface area contributed by atoms with Gasteiger partial charge in [-0.25, -0.2) is 0 Å². The summed E-state index contributed by atoms with van der Waals surface area (Å²) in [6.07, 6.45) is 3.00. The van der Waals surface area contributed by atoms with Crippen LogP contribution in [0.15, 0.2) is 78.9 Å². The third kappa shape index (κ3) is 4.05. The van der Waals surface area contributed by atoms with E-state index in [2.05, 4.69) is 30.3 Å². The van der Waals surface area contributed by atoms with Gasteiger partial charge in [-0.3, -0.25) is 0 Å². The maximum Gasteiger partial charge on any atom is 0.118 e. The van der Waals surface area contributed by atoms with Crippen LogP contribution < -0.4 is 4.74 Å².